The van der Waals surface area contributed by atoms with Crippen LogP contribution in [0.5, 0.6) is 11.5 Å². The van der Waals surface area contributed by atoms with Crippen molar-refractivity contribution in [3.8, 4) is 11.5 Å². The first-order valence-electron chi connectivity index (χ1n) is 8.34. The lowest BCUT2D eigenvalue weighted by atomic mass is 10.2. The Bertz CT molecular complexity index is 912. The van der Waals surface area contributed by atoms with E-state index in [9.17, 15) is 4.79 Å². The van der Waals surface area contributed by atoms with Gasteiger partial charge in [-0.05, 0) is 41.5 Å². The van der Waals surface area contributed by atoms with Crippen molar-refractivity contribution in [2.75, 3.05) is 7.11 Å². The van der Waals surface area contributed by atoms with E-state index in [-0.39, 0.29) is 5.91 Å². The highest BCUT2D eigenvalue weighted by Crippen LogP contribution is 2.28. The van der Waals surface area contributed by atoms with Crippen molar-refractivity contribution in [2.45, 2.75) is 6.61 Å². The average Bonchev–Trinajstić information content (AvgIpc) is 2.74. The van der Waals surface area contributed by atoms with E-state index in [4.69, 9.17) is 9.47 Å². The number of amides is 1. The van der Waals surface area contributed by atoms with Gasteiger partial charge < -0.3 is 9.47 Å². The molecule has 0 aliphatic heterocycles. The van der Waals surface area contributed by atoms with Gasteiger partial charge in [-0.3, -0.25) is 9.78 Å². The van der Waals surface area contributed by atoms with E-state index in [1.54, 1.807) is 43.9 Å². The van der Waals surface area contributed by atoms with Crippen LogP contribution in [0.2, 0.25) is 0 Å². The number of nitrogens with zero attached hydrogens (tertiary/aromatic N) is 2. The maximum Gasteiger partial charge on any atom is 0.271 e. The predicted octanol–water partition coefficient (Wildman–Crippen LogP) is 3.43. The van der Waals surface area contributed by atoms with E-state index < -0.39 is 0 Å². The SMILES string of the molecule is COc1cc(/C=N\NC(=O)c2ccncc2)ccc1OCc1ccccc1. The summed E-state index contributed by atoms with van der Waals surface area (Å²) in [5.74, 6) is 0.929. The van der Waals surface area contributed by atoms with Gasteiger partial charge in [0.2, 0.25) is 0 Å². The van der Waals surface area contributed by atoms with Crippen molar-refractivity contribution in [3.63, 3.8) is 0 Å². The van der Waals surface area contributed by atoms with Gasteiger partial charge in [-0.1, -0.05) is 30.3 Å². The number of pyridine rings is 1. The number of benzene rings is 2. The van der Waals surface area contributed by atoms with E-state index in [1.807, 2.05) is 42.5 Å². The maximum atomic E-state index is 11.9. The number of carbonyl (C=O) groups is 1. The Labute approximate surface area is 157 Å². The number of hydrazone groups is 1. The Morgan fingerprint density at radius 3 is 2.59 bits per heavy atom. The van der Waals surface area contributed by atoms with E-state index in [2.05, 4.69) is 15.5 Å². The number of hydrogen-bond donors (Lipinski definition) is 1. The van der Waals surface area contributed by atoms with Crippen LogP contribution < -0.4 is 14.9 Å². The molecule has 1 heterocycles. The largest absolute Gasteiger partial charge is 0.493 e. The molecule has 0 aliphatic rings. The topological polar surface area (TPSA) is 72.8 Å². The summed E-state index contributed by atoms with van der Waals surface area (Å²) < 4.78 is 11.2. The molecule has 0 fully saturated rings. The average molecular weight is 361 g/mol. The monoisotopic (exact) mass is 361 g/mol. The third kappa shape index (κ3) is 5.15. The summed E-state index contributed by atoms with van der Waals surface area (Å²) in [5, 5.41) is 3.98. The fraction of sp³-hybridized carbons (Fsp3) is 0.0952. The van der Waals surface area contributed by atoms with Crippen LogP contribution in [0.1, 0.15) is 21.5 Å². The Kier molecular flexibility index (Phi) is 6.14. The molecule has 3 rings (SSSR count). The number of aromatic nitrogens is 1. The van der Waals surface area contributed by atoms with Crippen molar-refractivity contribution < 1.29 is 14.3 Å². The minimum Gasteiger partial charge on any atom is -0.493 e. The van der Waals surface area contributed by atoms with Crippen LogP contribution in [0.15, 0.2) is 78.2 Å². The third-order valence-electron chi connectivity index (χ3n) is 3.75. The van der Waals surface area contributed by atoms with Crippen LogP contribution in [0.4, 0.5) is 0 Å². The predicted molar refractivity (Wildman–Crippen MR) is 103 cm³/mol. The highest BCUT2D eigenvalue weighted by Gasteiger charge is 2.06. The summed E-state index contributed by atoms with van der Waals surface area (Å²) in [6.45, 7) is 0.451. The van der Waals surface area contributed by atoms with Gasteiger partial charge in [0, 0.05) is 18.0 Å². The van der Waals surface area contributed by atoms with Gasteiger partial charge in [-0.25, -0.2) is 5.43 Å². The second-order valence-electron chi connectivity index (χ2n) is 5.62. The Balaban J connectivity index is 1.62. The Morgan fingerprint density at radius 1 is 1.07 bits per heavy atom. The van der Waals surface area contributed by atoms with Crippen molar-refractivity contribution in [2.24, 2.45) is 5.10 Å². The molecule has 0 radical (unpaired) electrons. The lowest BCUT2D eigenvalue weighted by Crippen LogP contribution is -2.17. The fourth-order valence-corrected chi connectivity index (χ4v) is 2.35. The molecule has 1 aromatic heterocycles. The second-order valence-corrected chi connectivity index (χ2v) is 5.62. The van der Waals surface area contributed by atoms with E-state index in [0.29, 0.717) is 23.7 Å². The number of methoxy groups -OCH3 is 1. The highest BCUT2D eigenvalue weighted by molar-refractivity contribution is 5.94. The molecule has 6 heteroatoms. The molecular weight excluding hydrogens is 342 g/mol. The van der Waals surface area contributed by atoms with Crippen LogP contribution >= 0.6 is 0 Å². The van der Waals surface area contributed by atoms with Gasteiger partial charge >= 0.3 is 0 Å². The third-order valence-corrected chi connectivity index (χ3v) is 3.75. The van der Waals surface area contributed by atoms with Crippen LogP contribution in [0.3, 0.4) is 0 Å². The first-order chi connectivity index (χ1) is 13.3. The van der Waals surface area contributed by atoms with Gasteiger partial charge in [0.05, 0.1) is 13.3 Å². The van der Waals surface area contributed by atoms with Crippen molar-refractivity contribution in [3.05, 3.63) is 89.7 Å². The zero-order valence-electron chi connectivity index (χ0n) is 14.8. The smallest absolute Gasteiger partial charge is 0.271 e. The number of nitrogens with one attached hydrogen (secondary N) is 1. The number of hydrogen-bond acceptors (Lipinski definition) is 5. The molecule has 3 aromatic rings. The first kappa shape index (κ1) is 18.1. The number of ether oxygens (including phenoxy) is 2. The molecule has 0 aliphatic carbocycles. The summed E-state index contributed by atoms with van der Waals surface area (Å²) >= 11 is 0. The van der Waals surface area contributed by atoms with E-state index in [0.717, 1.165) is 11.1 Å². The van der Waals surface area contributed by atoms with Crippen molar-refractivity contribution in [1.82, 2.24) is 10.4 Å². The van der Waals surface area contributed by atoms with Crippen LogP contribution in [-0.2, 0) is 6.61 Å². The Morgan fingerprint density at radius 2 is 1.85 bits per heavy atom. The molecule has 0 bridgehead atoms. The van der Waals surface area contributed by atoms with Gasteiger partial charge in [-0.2, -0.15) is 5.10 Å². The minimum atomic E-state index is -0.302. The van der Waals surface area contributed by atoms with Gasteiger partial charge in [-0.15, -0.1) is 0 Å². The first-order valence-corrected chi connectivity index (χ1v) is 8.34. The minimum absolute atomic E-state index is 0.302. The highest BCUT2D eigenvalue weighted by atomic mass is 16.5. The van der Waals surface area contributed by atoms with Crippen LogP contribution in [-0.4, -0.2) is 24.2 Å². The maximum absolute atomic E-state index is 11.9. The molecule has 136 valence electrons. The molecular formula is C21H19N3O3. The molecule has 27 heavy (non-hydrogen) atoms. The zero-order valence-corrected chi connectivity index (χ0v) is 14.8. The molecule has 0 saturated heterocycles. The summed E-state index contributed by atoms with van der Waals surface area (Å²) in [6.07, 6.45) is 4.65. The zero-order chi connectivity index (χ0) is 18.9. The molecule has 0 spiro atoms. The second kappa shape index (κ2) is 9.15. The summed E-state index contributed by atoms with van der Waals surface area (Å²) in [6, 6.07) is 18.6. The number of carbonyl (C=O) groups excluding carboxylic acids is 1. The van der Waals surface area contributed by atoms with Crippen LogP contribution in [0.25, 0.3) is 0 Å². The van der Waals surface area contributed by atoms with E-state index >= 15 is 0 Å². The molecule has 1 N–H and O–H groups in total. The van der Waals surface area contributed by atoms with Gasteiger partial charge in [0.1, 0.15) is 6.61 Å². The molecule has 1 amide bonds. The fourth-order valence-electron chi connectivity index (χ4n) is 2.35. The lowest BCUT2D eigenvalue weighted by Gasteiger charge is -2.11. The molecule has 0 atom stereocenters. The summed E-state index contributed by atoms with van der Waals surface area (Å²) in [4.78, 5) is 15.8. The van der Waals surface area contributed by atoms with Crippen molar-refractivity contribution in [1.29, 1.82) is 0 Å². The number of rotatable bonds is 7. The van der Waals surface area contributed by atoms with Gasteiger partial charge in [0.15, 0.2) is 11.5 Å². The molecule has 2 aromatic carbocycles. The van der Waals surface area contributed by atoms with Crippen molar-refractivity contribution >= 4 is 12.1 Å². The lowest BCUT2D eigenvalue weighted by molar-refractivity contribution is 0.0955. The standard InChI is InChI=1S/C21H19N3O3/c1-26-20-13-17(14-23-24-21(25)18-9-11-22-12-10-18)7-8-19(20)27-15-16-5-3-2-4-6-16/h2-14H,15H2,1H3,(H,24,25)/b23-14-. The van der Waals surface area contributed by atoms with Crippen LogP contribution in [0, 0.1) is 0 Å². The Hall–Kier alpha value is -3.67. The molecule has 0 unspecified atom stereocenters. The van der Waals surface area contributed by atoms with Gasteiger partial charge in [0.25, 0.3) is 5.91 Å². The quantitative estimate of drug-likeness (QED) is 0.517. The van der Waals surface area contributed by atoms with E-state index in [1.165, 1.54) is 0 Å². The molecule has 0 saturated carbocycles. The normalized spacial score (nSPS) is 10.6. The summed E-state index contributed by atoms with van der Waals surface area (Å²) in [7, 11) is 1.58. The summed E-state index contributed by atoms with van der Waals surface area (Å²) in [5.41, 5.74) is 4.81. The molecule has 6 nitrogen and oxygen atoms in total.